The lowest BCUT2D eigenvalue weighted by molar-refractivity contribution is 0.340. The lowest BCUT2D eigenvalue weighted by Crippen LogP contribution is -2.35. The molecule has 0 aliphatic heterocycles. The van der Waals surface area contributed by atoms with Crippen molar-refractivity contribution < 1.29 is 0 Å². The Hall–Kier alpha value is -1.36. The molecule has 0 saturated heterocycles. The Morgan fingerprint density at radius 1 is 1.29 bits per heavy atom. The average Bonchev–Trinajstić information content (AvgIpc) is 2.95. The molecule has 0 spiro atoms. The van der Waals surface area contributed by atoms with Gasteiger partial charge < -0.3 is 10.2 Å². The normalized spacial score (nSPS) is 22.4. The van der Waals surface area contributed by atoms with Gasteiger partial charge in [-0.05, 0) is 50.0 Å². The van der Waals surface area contributed by atoms with Crippen LogP contribution in [-0.4, -0.2) is 29.6 Å². The van der Waals surface area contributed by atoms with Crippen molar-refractivity contribution in [1.29, 1.82) is 0 Å². The van der Waals surface area contributed by atoms with Crippen LogP contribution in [0.2, 0.25) is 0 Å². The zero-order chi connectivity index (χ0) is 14.8. The predicted molar refractivity (Wildman–Crippen MR) is 91.4 cm³/mol. The van der Waals surface area contributed by atoms with Crippen LogP contribution in [0.25, 0.3) is 10.2 Å². The minimum atomic E-state index is 0.605. The Labute approximate surface area is 130 Å². The fourth-order valence-corrected chi connectivity index (χ4v) is 3.91. The molecule has 0 bridgehead atoms. The highest BCUT2D eigenvalue weighted by Gasteiger charge is 2.24. The molecule has 3 rings (SSSR count). The predicted octanol–water partition coefficient (Wildman–Crippen LogP) is 4.14. The lowest BCUT2D eigenvalue weighted by atomic mass is 9.87. The van der Waals surface area contributed by atoms with Gasteiger partial charge in [0.25, 0.3) is 0 Å². The van der Waals surface area contributed by atoms with Gasteiger partial charge in [-0.15, -0.1) is 11.3 Å². The van der Waals surface area contributed by atoms with Gasteiger partial charge >= 0.3 is 0 Å². The molecule has 1 saturated carbocycles. The average molecular weight is 304 g/mol. The Morgan fingerprint density at radius 2 is 2.05 bits per heavy atom. The summed E-state index contributed by atoms with van der Waals surface area (Å²) < 4.78 is 0. The van der Waals surface area contributed by atoms with Gasteiger partial charge in [0, 0.05) is 19.6 Å². The number of rotatable bonds is 4. The van der Waals surface area contributed by atoms with Crippen molar-refractivity contribution in [2.75, 3.05) is 23.8 Å². The molecule has 5 heteroatoms. The molecule has 4 nitrogen and oxygen atoms in total. The van der Waals surface area contributed by atoms with Crippen LogP contribution in [0.5, 0.6) is 0 Å². The first-order valence-corrected chi connectivity index (χ1v) is 8.79. The zero-order valence-corrected chi connectivity index (χ0v) is 13.9. The van der Waals surface area contributed by atoms with E-state index >= 15 is 0 Å². The first-order chi connectivity index (χ1) is 10.2. The van der Waals surface area contributed by atoms with E-state index in [1.165, 1.54) is 31.1 Å². The summed E-state index contributed by atoms with van der Waals surface area (Å²) in [6.45, 7) is 5.29. The van der Waals surface area contributed by atoms with E-state index in [0.717, 1.165) is 29.1 Å². The number of anilines is 2. The number of hydrogen-bond acceptors (Lipinski definition) is 5. The van der Waals surface area contributed by atoms with Crippen LogP contribution in [0.1, 0.15) is 39.5 Å². The zero-order valence-electron chi connectivity index (χ0n) is 13.1. The van der Waals surface area contributed by atoms with E-state index in [9.17, 15) is 0 Å². The van der Waals surface area contributed by atoms with Crippen LogP contribution in [0.3, 0.4) is 0 Å². The highest BCUT2D eigenvalue weighted by Crippen LogP contribution is 2.33. The summed E-state index contributed by atoms with van der Waals surface area (Å²) in [6.07, 6.45) is 5.19. The van der Waals surface area contributed by atoms with Crippen LogP contribution in [0.15, 0.2) is 11.4 Å². The number of nitrogens with zero attached hydrogens (tertiary/aromatic N) is 3. The quantitative estimate of drug-likeness (QED) is 0.921. The molecular weight excluding hydrogens is 280 g/mol. The molecule has 0 amide bonds. The van der Waals surface area contributed by atoms with Crippen LogP contribution in [0, 0.1) is 5.92 Å². The second-order valence-corrected chi connectivity index (χ2v) is 6.96. The minimum Gasteiger partial charge on any atom is -0.356 e. The maximum Gasteiger partial charge on any atom is 0.226 e. The van der Waals surface area contributed by atoms with Gasteiger partial charge in [0.05, 0.1) is 5.39 Å². The van der Waals surface area contributed by atoms with Gasteiger partial charge in [0.2, 0.25) is 5.95 Å². The van der Waals surface area contributed by atoms with Gasteiger partial charge in [0.15, 0.2) is 0 Å². The Kier molecular flexibility index (Phi) is 4.29. The van der Waals surface area contributed by atoms with Gasteiger partial charge in [-0.2, -0.15) is 4.98 Å². The van der Waals surface area contributed by atoms with Crippen LogP contribution in [-0.2, 0) is 0 Å². The number of fused-ring (bicyclic) bond motifs is 1. The molecule has 114 valence electrons. The molecule has 1 fully saturated rings. The summed E-state index contributed by atoms with van der Waals surface area (Å²) in [5.41, 5.74) is 0. The smallest absolute Gasteiger partial charge is 0.226 e. The molecule has 1 aliphatic rings. The first-order valence-electron chi connectivity index (χ1n) is 7.91. The van der Waals surface area contributed by atoms with E-state index in [1.54, 1.807) is 11.3 Å². The first kappa shape index (κ1) is 14.6. The third-order valence-corrected chi connectivity index (χ3v) is 5.31. The van der Waals surface area contributed by atoms with Crippen LogP contribution >= 0.6 is 11.3 Å². The van der Waals surface area contributed by atoms with Crippen molar-refractivity contribution in [3.05, 3.63) is 11.4 Å². The molecule has 2 aromatic rings. The molecule has 2 aromatic heterocycles. The van der Waals surface area contributed by atoms with Crippen molar-refractivity contribution >= 4 is 33.3 Å². The molecular formula is C16H24N4S. The van der Waals surface area contributed by atoms with Crippen molar-refractivity contribution in [2.24, 2.45) is 5.92 Å². The Balaban J connectivity index is 1.92. The molecule has 0 unspecified atom stereocenters. The maximum atomic E-state index is 4.77. The minimum absolute atomic E-state index is 0.605. The summed E-state index contributed by atoms with van der Waals surface area (Å²) in [5.74, 6) is 2.70. The fourth-order valence-electron chi connectivity index (χ4n) is 3.15. The molecule has 0 aromatic carbocycles. The molecule has 0 atom stereocenters. The molecule has 2 heterocycles. The van der Waals surface area contributed by atoms with E-state index in [1.807, 2.05) is 0 Å². The van der Waals surface area contributed by atoms with E-state index in [4.69, 9.17) is 4.98 Å². The van der Waals surface area contributed by atoms with Gasteiger partial charge in [-0.3, -0.25) is 0 Å². The van der Waals surface area contributed by atoms with E-state index in [-0.39, 0.29) is 0 Å². The standard InChI is InChI=1S/C16H24N4S/c1-4-17-16-18-14(13-9-10-21-15(13)19-16)20(3)12-7-5-11(2)6-8-12/h9-12H,4-8H2,1-3H3,(H,17,18,19). The largest absolute Gasteiger partial charge is 0.356 e. The number of thiophene rings is 1. The lowest BCUT2D eigenvalue weighted by Gasteiger charge is -2.34. The van der Waals surface area contributed by atoms with E-state index in [0.29, 0.717) is 6.04 Å². The fraction of sp³-hybridized carbons (Fsp3) is 0.625. The number of hydrogen-bond donors (Lipinski definition) is 1. The van der Waals surface area contributed by atoms with E-state index in [2.05, 4.69) is 47.5 Å². The number of nitrogens with one attached hydrogen (secondary N) is 1. The molecule has 1 aliphatic carbocycles. The van der Waals surface area contributed by atoms with Gasteiger partial charge in [0.1, 0.15) is 10.6 Å². The SMILES string of the molecule is CCNc1nc(N(C)C2CCC(C)CC2)c2ccsc2n1. The third kappa shape index (κ3) is 2.98. The summed E-state index contributed by atoms with van der Waals surface area (Å²) in [6, 6.07) is 2.75. The second-order valence-electron chi connectivity index (χ2n) is 6.07. The summed E-state index contributed by atoms with van der Waals surface area (Å²) in [4.78, 5) is 12.8. The van der Waals surface area contributed by atoms with E-state index < -0.39 is 0 Å². The van der Waals surface area contributed by atoms with Crippen LogP contribution < -0.4 is 10.2 Å². The van der Waals surface area contributed by atoms with Crippen molar-refractivity contribution in [3.8, 4) is 0 Å². The van der Waals surface area contributed by atoms with Crippen molar-refractivity contribution in [3.63, 3.8) is 0 Å². The van der Waals surface area contributed by atoms with Gasteiger partial charge in [-0.1, -0.05) is 6.92 Å². The van der Waals surface area contributed by atoms with Gasteiger partial charge in [-0.25, -0.2) is 4.98 Å². The Morgan fingerprint density at radius 3 is 2.76 bits per heavy atom. The molecule has 0 radical (unpaired) electrons. The van der Waals surface area contributed by atoms with Crippen molar-refractivity contribution in [2.45, 2.75) is 45.6 Å². The highest BCUT2D eigenvalue weighted by atomic mass is 32.1. The number of aromatic nitrogens is 2. The second kappa shape index (κ2) is 6.18. The monoisotopic (exact) mass is 304 g/mol. The maximum absolute atomic E-state index is 4.77. The molecule has 21 heavy (non-hydrogen) atoms. The summed E-state index contributed by atoms with van der Waals surface area (Å²) in [7, 11) is 2.19. The topological polar surface area (TPSA) is 41.1 Å². The van der Waals surface area contributed by atoms with Crippen molar-refractivity contribution in [1.82, 2.24) is 9.97 Å². The highest BCUT2D eigenvalue weighted by molar-refractivity contribution is 7.16. The van der Waals surface area contributed by atoms with Crippen LogP contribution in [0.4, 0.5) is 11.8 Å². The summed E-state index contributed by atoms with van der Waals surface area (Å²) >= 11 is 1.69. The third-order valence-electron chi connectivity index (χ3n) is 4.51. The molecule has 1 N–H and O–H groups in total. The summed E-state index contributed by atoms with van der Waals surface area (Å²) in [5, 5.41) is 6.54. The Bertz CT molecular complexity index is 601.